The second-order valence-corrected chi connectivity index (χ2v) is 8.29. The van der Waals surface area contributed by atoms with Crippen molar-refractivity contribution < 1.29 is 23.0 Å². The van der Waals surface area contributed by atoms with Gasteiger partial charge in [0.05, 0.1) is 6.54 Å². The Balaban J connectivity index is 1.83. The number of nitrogens with one attached hydrogen (secondary N) is 3. The Hall–Kier alpha value is -2.70. The zero-order valence-corrected chi connectivity index (χ0v) is 16.0. The Morgan fingerprint density at radius 3 is 2.79 bits per heavy atom. The van der Waals surface area contributed by atoms with Gasteiger partial charge in [0, 0.05) is 24.5 Å². The van der Waals surface area contributed by atoms with Gasteiger partial charge in [-0.05, 0) is 18.1 Å². The van der Waals surface area contributed by atoms with E-state index in [4.69, 9.17) is 0 Å². The van der Waals surface area contributed by atoms with Crippen LogP contribution in [0.5, 0.6) is 5.75 Å². The molecule has 0 saturated carbocycles. The van der Waals surface area contributed by atoms with E-state index in [0.29, 0.717) is 22.6 Å². The van der Waals surface area contributed by atoms with Crippen LogP contribution in [0.4, 0.5) is 27.5 Å². The van der Waals surface area contributed by atoms with Crippen molar-refractivity contribution in [3.8, 4) is 5.75 Å². The van der Waals surface area contributed by atoms with Crippen molar-refractivity contribution in [2.45, 2.75) is 20.1 Å². The van der Waals surface area contributed by atoms with Crippen LogP contribution in [-0.2, 0) is 10.2 Å². The quantitative estimate of drug-likeness (QED) is 0.475. The molecule has 28 heavy (non-hydrogen) atoms. The number of aromatic hydroxyl groups is 1. The number of aromatic nitrogens is 2. The molecular weight excluding hydrogens is 391 g/mol. The second kappa shape index (κ2) is 7.73. The molecule has 1 atom stereocenters. The van der Waals surface area contributed by atoms with E-state index in [1.165, 1.54) is 6.20 Å². The molecule has 1 aromatic carbocycles. The number of aliphatic hydroxyl groups excluding tert-OH is 1. The number of phenols is 1. The minimum atomic E-state index is -4.15. The Bertz CT molecular complexity index is 948. The highest BCUT2D eigenvalue weighted by Gasteiger charge is 2.37. The maximum atomic E-state index is 14.6. The number of hydrogen-bond donors (Lipinski definition) is 5. The number of hydrogen-bond acceptors (Lipinski definition) is 8. The first-order chi connectivity index (χ1) is 13.2. The summed E-state index contributed by atoms with van der Waals surface area (Å²) in [7, 11) is -4.15. The minimum Gasteiger partial charge on any atom is -0.506 e. The summed E-state index contributed by atoms with van der Waals surface area (Å²) in [5, 5.41) is 25.5. The summed E-state index contributed by atoms with van der Waals surface area (Å²) >= 11 is 0. The molecule has 2 aromatic rings. The first kappa shape index (κ1) is 20.0. The van der Waals surface area contributed by atoms with Crippen molar-refractivity contribution in [3.05, 3.63) is 30.2 Å². The van der Waals surface area contributed by atoms with Crippen LogP contribution < -0.4 is 19.7 Å². The largest absolute Gasteiger partial charge is 0.506 e. The van der Waals surface area contributed by atoms with Crippen LogP contribution in [0, 0.1) is 11.7 Å². The number of benzene rings is 1. The third kappa shape index (κ3) is 4.40. The van der Waals surface area contributed by atoms with Crippen molar-refractivity contribution >= 4 is 33.4 Å². The molecule has 5 N–H and O–H groups in total. The first-order valence-corrected chi connectivity index (χ1v) is 9.94. The summed E-state index contributed by atoms with van der Waals surface area (Å²) in [6.45, 7) is 4.39. The SMILES string of the molecule is CC(C)CNc1ccnc(Nc2cc(O)c(N3CC(O)NS3(=O)=O)c(F)c2)n1. The molecule has 0 bridgehead atoms. The van der Waals surface area contributed by atoms with Crippen LogP contribution in [0.1, 0.15) is 13.8 Å². The van der Waals surface area contributed by atoms with Gasteiger partial charge in [-0.25, -0.2) is 13.7 Å². The fourth-order valence-electron chi connectivity index (χ4n) is 2.60. The Morgan fingerprint density at radius 1 is 1.43 bits per heavy atom. The van der Waals surface area contributed by atoms with E-state index in [1.807, 2.05) is 4.72 Å². The average Bonchev–Trinajstić information content (AvgIpc) is 2.85. The van der Waals surface area contributed by atoms with E-state index in [0.717, 1.165) is 12.1 Å². The van der Waals surface area contributed by atoms with Crippen LogP contribution in [0.15, 0.2) is 24.4 Å². The van der Waals surface area contributed by atoms with Gasteiger partial charge in [-0.2, -0.15) is 18.1 Å². The predicted octanol–water partition coefficient (Wildman–Crippen LogP) is 1.11. The van der Waals surface area contributed by atoms with Crippen LogP contribution in [0.3, 0.4) is 0 Å². The molecule has 1 unspecified atom stereocenters. The van der Waals surface area contributed by atoms with Gasteiger partial charge in [0.15, 0.2) is 5.82 Å². The molecular formula is C16H21FN6O4S. The Morgan fingerprint density at radius 2 is 2.18 bits per heavy atom. The zero-order chi connectivity index (χ0) is 20.5. The van der Waals surface area contributed by atoms with Gasteiger partial charge >= 0.3 is 10.2 Å². The number of nitrogens with zero attached hydrogens (tertiary/aromatic N) is 3. The molecule has 0 amide bonds. The highest BCUT2D eigenvalue weighted by molar-refractivity contribution is 7.91. The Kier molecular flexibility index (Phi) is 5.54. The van der Waals surface area contributed by atoms with E-state index < -0.39 is 40.2 Å². The van der Waals surface area contributed by atoms with Crippen LogP contribution in [-0.4, -0.2) is 47.9 Å². The second-order valence-electron chi connectivity index (χ2n) is 6.66. The molecule has 1 aliphatic rings. The van der Waals surface area contributed by atoms with E-state index in [-0.39, 0.29) is 11.6 Å². The minimum absolute atomic E-state index is 0.130. The number of anilines is 4. The molecule has 2 heterocycles. The standard InChI is InChI=1S/C16H21FN6O4S/c1-9(2)7-19-13-3-4-18-16(21-13)20-10-5-11(17)15(12(24)6-10)23-8-14(25)22-28(23,26)27/h3-6,9,14,22,24-25H,7-8H2,1-2H3,(H2,18,19,20,21). The van der Waals surface area contributed by atoms with Gasteiger partial charge in [0.2, 0.25) is 5.95 Å². The monoisotopic (exact) mass is 412 g/mol. The van der Waals surface area contributed by atoms with Crippen LogP contribution >= 0.6 is 0 Å². The molecule has 3 rings (SSSR count). The molecule has 1 saturated heterocycles. The Labute approximate surface area is 161 Å². The van der Waals surface area contributed by atoms with E-state index in [9.17, 15) is 23.0 Å². The van der Waals surface area contributed by atoms with Crippen molar-refractivity contribution in [3.63, 3.8) is 0 Å². The number of rotatable bonds is 6. The highest BCUT2D eigenvalue weighted by Crippen LogP contribution is 2.36. The first-order valence-electron chi connectivity index (χ1n) is 8.50. The summed E-state index contributed by atoms with van der Waals surface area (Å²) in [6, 6.07) is 3.84. The molecule has 10 nitrogen and oxygen atoms in total. The number of aliphatic hydroxyl groups is 1. The van der Waals surface area contributed by atoms with Gasteiger partial charge in [0.1, 0.15) is 23.5 Å². The van der Waals surface area contributed by atoms with Crippen LogP contribution in [0.2, 0.25) is 0 Å². The van der Waals surface area contributed by atoms with Gasteiger partial charge in [-0.1, -0.05) is 13.8 Å². The van der Waals surface area contributed by atoms with Crippen molar-refractivity contribution in [2.24, 2.45) is 5.92 Å². The fraction of sp³-hybridized carbons (Fsp3) is 0.375. The number of phenolic OH excluding ortho intramolecular Hbond substituents is 1. The lowest BCUT2D eigenvalue weighted by Crippen LogP contribution is -2.30. The lowest BCUT2D eigenvalue weighted by atomic mass is 10.2. The molecule has 0 aliphatic carbocycles. The number of halogens is 1. The molecule has 152 valence electrons. The van der Waals surface area contributed by atoms with Crippen molar-refractivity contribution in [2.75, 3.05) is 28.0 Å². The lowest BCUT2D eigenvalue weighted by molar-refractivity contribution is 0.183. The topological polar surface area (TPSA) is 140 Å². The molecule has 1 fully saturated rings. The average molecular weight is 412 g/mol. The van der Waals surface area contributed by atoms with Crippen LogP contribution in [0.25, 0.3) is 0 Å². The summed E-state index contributed by atoms with van der Waals surface area (Å²) in [6.07, 6.45) is 0.128. The molecule has 0 spiro atoms. The lowest BCUT2D eigenvalue weighted by Gasteiger charge is -2.18. The van der Waals surface area contributed by atoms with E-state index >= 15 is 0 Å². The smallest absolute Gasteiger partial charge is 0.304 e. The third-order valence-electron chi connectivity index (χ3n) is 3.81. The fourth-order valence-corrected chi connectivity index (χ4v) is 3.90. The summed E-state index contributed by atoms with van der Waals surface area (Å²) < 4.78 is 40.9. The summed E-state index contributed by atoms with van der Waals surface area (Å²) in [4.78, 5) is 8.28. The number of β-amino-alcohol motifs (C(OH)–C–C–N with tert-alkyl or cyclic N) is 1. The van der Waals surface area contributed by atoms with Gasteiger partial charge < -0.3 is 20.8 Å². The van der Waals surface area contributed by atoms with Gasteiger partial charge in [-0.3, -0.25) is 0 Å². The maximum absolute atomic E-state index is 14.6. The zero-order valence-electron chi connectivity index (χ0n) is 15.2. The summed E-state index contributed by atoms with van der Waals surface area (Å²) in [5.74, 6) is -0.436. The van der Waals surface area contributed by atoms with Gasteiger partial charge in [-0.15, -0.1) is 0 Å². The molecule has 0 radical (unpaired) electrons. The normalized spacial score (nSPS) is 18.5. The predicted molar refractivity (Wildman–Crippen MR) is 102 cm³/mol. The van der Waals surface area contributed by atoms with E-state index in [1.54, 1.807) is 6.07 Å². The van der Waals surface area contributed by atoms with E-state index in [2.05, 4.69) is 34.4 Å². The molecule has 1 aliphatic heterocycles. The van der Waals surface area contributed by atoms with Gasteiger partial charge in [0.25, 0.3) is 0 Å². The maximum Gasteiger partial charge on any atom is 0.304 e. The summed E-state index contributed by atoms with van der Waals surface area (Å²) in [5.41, 5.74) is -0.423. The molecule has 12 heteroatoms. The van der Waals surface area contributed by atoms with Crippen molar-refractivity contribution in [1.82, 2.24) is 14.7 Å². The third-order valence-corrected chi connectivity index (χ3v) is 5.29. The highest BCUT2D eigenvalue weighted by atomic mass is 32.2. The molecule has 1 aromatic heterocycles. The van der Waals surface area contributed by atoms with Crippen molar-refractivity contribution in [1.29, 1.82) is 0 Å².